The van der Waals surface area contributed by atoms with Gasteiger partial charge in [-0.25, -0.2) is 5.48 Å². The van der Waals surface area contributed by atoms with E-state index in [9.17, 15) is 19.2 Å². The summed E-state index contributed by atoms with van der Waals surface area (Å²) in [5.41, 5.74) is 2.83. The molecular formula is C30H41N3O6. The third-order valence-corrected chi connectivity index (χ3v) is 6.61. The number of ketones is 2. The second-order valence-electron chi connectivity index (χ2n) is 11.1. The van der Waals surface area contributed by atoms with Crippen LogP contribution in [-0.4, -0.2) is 72.8 Å². The number of Topliss-reactive ketones (excluding diaryl/α,β-unsaturated/α-hetero) is 2. The summed E-state index contributed by atoms with van der Waals surface area (Å²) >= 11 is 0. The van der Waals surface area contributed by atoms with Gasteiger partial charge in [-0.1, -0.05) is 42.5 Å². The van der Waals surface area contributed by atoms with Crippen LogP contribution in [0, 0.1) is 5.92 Å². The Balaban J connectivity index is 1.59. The number of nitrogens with one attached hydrogen (secondary N) is 2. The van der Waals surface area contributed by atoms with E-state index in [1.165, 1.54) is 0 Å². The van der Waals surface area contributed by atoms with Crippen molar-refractivity contribution in [3.8, 4) is 0 Å². The zero-order valence-electron chi connectivity index (χ0n) is 23.5. The number of aryl methyl sites for hydroxylation is 1. The molecule has 0 saturated carbocycles. The van der Waals surface area contributed by atoms with Gasteiger partial charge < -0.3 is 10.1 Å². The molecule has 2 N–H and O–H groups in total. The first-order valence-corrected chi connectivity index (χ1v) is 13.6. The van der Waals surface area contributed by atoms with E-state index in [-0.39, 0.29) is 37.4 Å². The fourth-order valence-corrected chi connectivity index (χ4v) is 4.48. The van der Waals surface area contributed by atoms with Gasteiger partial charge in [0.05, 0.1) is 37.3 Å². The fraction of sp³-hybridized carbons (Fsp3) is 0.533. The van der Waals surface area contributed by atoms with Crippen LogP contribution in [-0.2, 0) is 35.2 Å². The van der Waals surface area contributed by atoms with Crippen LogP contribution in [0.4, 0.5) is 0 Å². The molecular weight excluding hydrogens is 498 g/mol. The van der Waals surface area contributed by atoms with Crippen molar-refractivity contribution in [2.45, 2.75) is 65.0 Å². The molecule has 9 nitrogen and oxygen atoms in total. The van der Waals surface area contributed by atoms with Crippen molar-refractivity contribution in [2.75, 3.05) is 32.8 Å². The van der Waals surface area contributed by atoms with Gasteiger partial charge >= 0.3 is 0 Å². The SMILES string of the molecule is C[C@H](NC(=O)[C@@H](CC(=O)CN1CCOCC1)CC(=O)NOC(C)(C)C)C(=O)CCc1cccc2ccccc12. The van der Waals surface area contributed by atoms with Crippen LogP contribution >= 0.6 is 0 Å². The molecule has 1 aliphatic heterocycles. The molecule has 9 heteroatoms. The number of benzene rings is 2. The van der Waals surface area contributed by atoms with Gasteiger partial charge in [0.15, 0.2) is 5.78 Å². The van der Waals surface area contributed by atoms with Gasteiger partial charge in [-0.05, 0) is 50.5 Å². The van der Waals surface area contributed by atoms with Crippen LogP contribution in [0.5, 0.6) is 0 Å². The Morgan fingerprint density at radius 1 is 1.00 bits per heavy atom. The number of hydrogen-bond donors (Lipinski definition) is 2. The van der Waals surface area contributed by atoms with Gasteiger partial charge in [-0.3, -0.25) is 28.9 Å². The highest BCUT2D eigenvalue weighted by Crippen LogP contribution is 2.20. The molecule has 0 unspecified atom stereocenters. The fourth-order valence-electron chi connectivity index (χ4n) is 4.48. The van der Waals surface area contributed by atoms with E-state index in [4.69, 9.17) is 9.57 Å². The number of amides is 2. The maximum Gasteiger partial charge on any atom is 0.244 e. The number of carbonyl (C=O) groups excluding carboxylic acids is 4. The first-order valence-electron chi connectivity index (χ1n) is 13.6. The molecule has 39 heavy (non-hydrogen) atoms. The van der Waals surface area contributed by atoms with Gasteiger partial charge in [0.1, 0.15) is 5.78 Å². The smallest absolute Gasteiger partial charge is 0.244 e. The maximum absolute atomic E-state index is 13.2. The Morgan fingerprint density at radius 2 is 1.69 bits per heavy atom. The normalized spacial score (nSPS) is 15.9. The second-order valence-corrected chi connectivity index (χ2v) is 11.1. The molecule has 1 heterocycles. The van der Waals surface area contributed by atoms with Crippen molar-refractivity contribution in [3.63, 3.8) is 0 Å². The summed E-state index contributed by atoms with van der Waals surface area (Å²) in [6.07, 6.45) is 0.473. The summed E-state index contributed by atoms with van der Waals surface area (Å²) in [4.78, 5) is 58.8. The van der Waals surface area contributed by atoms with E-state index in [1.807, 2.05) is 47.4 Å². The quantitative estimate of drug-likeness (QED) is 0.376. The van der Waals surface area contributed by atoms with Crippen LogP contribution < -0.4 is 10.8 Å². The van der Waals surface area contributed by atoms with Gasteiger partial charge in [-0.2, -0.15) is 0 Å². The van der Waals surface area contributed by atoms with E-state index in [1.54, 1.807) is 27.7 Å². The lowest BCUT2D eigenvalue weighted by molar-refractivity contribution is -0.148. The Morgan fingerprint density at radius 3 is 2.41 bits per heavy atom. The lowest BCUT2D eigenvalue weighted by atomic mass is 9.95. The maximum atomic E-state index is 13.2. The number of rotatable bonds is 13. The van der Waals surface area contributed by atoms with Crippen LogP contribution in [0.15, 0.2) is 42.5 Å². The van der Waals surface area contributed by atoms with Crippen LogP contribution in [0.25, 0.3) is 10.8 Å². The van der Waals surface area contributed by atoms with E-state index in [0.717, 1.165) is 16.3 Å². The molecule has 1 saturated heterocycles. The van der Waals surface area contributed by atoms with Crippen molar-refractivity contribution in [2.24, 2.45) is 5.92 Å². The Hall–Kier alpha value is -3.14. The first-order chi connectivity index (χ1) is 18.5. The molecule has 3 rings (SSSR count). The molecule has 0 radical (unpaired) electrons. The topological polar surface area (TPSA) is 114 Å². The minimum absolute atomic E-state index is 0.108. The molecule has 2 aromatic rings. The van der Waals surface area contributed by atoms with Gasteiger partial charge in [0.25, 0.3) is 0 Å². The third kappa shape index (κ3) is 10.2. The Labute approximate surface area is 230 Å². The summed E-state index contributed by atoms with van der Waals surface area (Å²) in [6, 6.07) is 13.3. The lowest BCUT2D eigenvalue weighted by Crippen LogP contribution is -2.45. The largest absolute Gasteiger partial charge is 0.379 e. The molecule has 0 aromatic heterocycles. The third-order valence-electron chi connectivity index (χ3n) is 6.61. The average Bonchev–Trinajstić information content (AvgIpc) is 2.90. The molecule has 0 spiro atoms. The number of morpholine rings is 1. The Bertz CT molecular complexity index is 1150. The van der Waals surface area contributed by atoms with Crippen LogP contribution in [0.1, 0.15) is 52.5 Å². The molecule has 1 fully saturated rings. The van der Waals surface area contributed by atoms with Crippen LogP contribution in [0.3, 0.4) is 0 Å². The molecule has 212 valence electrons. The van der Waals surface area contributed by atoms with Gasteiger partial charge in [0.2, 0.25) is 11.8 Å². The highest BCUT2D eigenvalue weighted by molar-refractivity contribution is 5.94. The monoisotopic (exact) mass is 539 g/mol. The molecule has 0 bridgehead atoms. The molecule has 2 aromatic carbocycles. The van der Waals surface area contributed by atoms with Crippen molar-refractivity contribution in [1.29, 1.82) is 0 Å². The van der Waals surface area contributed by atoms with Gasteiger partial charge in [-0.15, -0.1) is 0 Å². The van der Waals surface area contributed by atoms with Gasteiger partial charge in [0, 0.05) is 32.4 Å². The number of carbonyl (C=O) groups is 4. The van der Waals surface area contributed by atoms with E-state index >= 15 is 0 Å². The van der Waals surface area contributed by atoms with Crippen molar-refractivity contribution < 1.29 is 28.8 Å². The highest BCUT2D eigenvalue weighted by atomic mass is 16.7. The van der Waals surface area contributed by atoms with Crippen molar-refractivity contribution in [1.82, 2.24) is 15.7 Å². The molecule has 2 amide bonds. The minimum atomic E-state index is -0.921. The second kappa shape index (κ2) is 14.3. The number of hydroxylamine groups is 1. The lowest BCUT2D eigenvalue weighted by Gasteiger charge is -2.26. The summed E-state index contributed by atoms with van der Waals surface area (Å²) in [5, 5.41) is 4.96. The summed E-state index contributed by atoms with van der Waals surface area (Å²) in [7, 11) is 0. The molecule has 0 aliphatic carbocycles. The summed E-state index contributed by atoms with van der Waals surface area (Å²) < 4.78 is 5.33. The average molecular weight is 540 g/mol. The standard InChI is InChI=1S/C30H41N3O6/c1-21(27(35)13-12-23-10-7-9-22-8-5-6-11-26(22)23)31-29(37)24(19-28(36)32-39-30(2,3)4)18-25(34)20-33-14-16-38-17-15-33/h5-11,21,24H,12-20H2,1-4H3,(H,31,37)(H,32,36)/t21-,24-/m0/s1. The zero-order chi connectivity index (χ0) is 28.4. The number of nitrogens with zero attached hydrogens (tertiary/aromatic N) is 1. The first kappa shape index (κ1) is 30.4. The number of fused-ring (bicyclic) bond motifs is 1. The molecule has 1 aliphatic rings. The predicted octanol–water partition coefficient (Wildman–Crippen LogP) is 2.99. The van der Waals surface area contributed by atoms with Crippen molar-refractivity contribution in [3.05, 3.63) is 48.0 Å². The van der Waals surface area contributed by atoms with E-state index < -0.39 is 29.4 Å². The molecule has 2 atom stereocenters. The van der Waals surface area contributed by atoms with E-state index in [2.05, 4.69) is 10.8 Å². The minimum Gasteiger partial charge on any atom is -0.379 e. The highest BCUT2D eigenvalue weighted by Gasteiger charge is 2.29. The predicted molar refractivity (Wildman–Crippen MR) is 149 cm³/mol. The zero-order valence-corrected chi connectivity index (χ0v) is 23.5. The summed E-state index contributed by atoms with van der Waals surface area (Å²) in [5.74, 6) is -2.18. The van der Waals surface area contributed by atoms with Crippen molar-refractivity contribution >= 4 is 34.2 Å². The Kier molecular flexibility index (Phi) is 11.2. The number of ether oxygens (including phenoxy) is 1. The van der Waals surface area contributed by atoms with E-state index in [0.29, 0.717) is 32.7 Å². The number of hydrogen-bond acceptors (Lipinski definition) is 7. The summed E-state index contributed by atoms with van der Waals surface area (Å²) in [6.45, 7) is 9.59. The van der Waals surface area contributed by atoms with Crippen LogP contribution in [0.2, 0.25) is 0 Å².